The van der Waals surface area contributed by atoms with Crippen LogP contribution in [0, 0.1) is 19.3 Å². The second-order valence-electron chi connectivity index (χ2n) is 6.73. The molecule has 0 bridgehead atoms. The Morgan fingerprint density at radius 3 is 2.41 bits per heavy atom. The van der Waals surface area contributed by atoms with Gasteiger partial charge in [0.05, 0.1) is 0 Å². The maximum Gasteiger partial charge on any atom is 0.279 e. The molecule has 5 heteroatoms. The molecule has 0 aliphatic carbocycles. The van der Waals surface area contributed by atoms with Crippen LogP contribution in [0.1, 0.15) is 45.2 Å². The van der Waals surface area contributed by atoms with E-state index in [9.17, 15) is 9.59 Å². The van der Waals surface area contributed by atoms with Gasteiger partial charge in [0, 0.05) is 6.42 Å². The number of hydrogen-bond acceptors (Lipinski definition) is 3. The molecule has 2 amide bonds. The molecule has 1 atom stereocenters. The quantitative estimate of drug-likeness (QED) is 0.840. The first kappa shape index (κ1) is 18.0. The average molecular weight is 306 g/mol. The minimum Gasteiger partial charge on any atom is -0.481 e. The topological polar surface area (TPSA) is 67.4 Å². The Balaban J connectivity index is 2.52. The van der Waals surface area contributed by atoms with Gasteiger partial charge in [0.2, 0.25) is 5.91 Å². The van der Waals surface area contributed by atoms with Gasteiger partial charge in [0.1, 0.15) is 5.75 Å². The molecule has 1 aromatic carbocycles. The zero-order chi connectivity index (χ0) is 16.9. The summed E-state index contributed by atoms with van der Waals surface area (Å²) in [5.41, 5.74) is 6.78. The zero-order valence-corrected chi connectivity index (χ0v) is 14.2. The fourth-order valence-electron chi connectivity index (χ4n) is 1.85. The Bertz CT molecular complexity index is 547. The predicted molar refractivity (Wildman–Crippen MR) is 86.4 cm³/mol. The van der Waals surface area contributed by atoms with Gasteiger partial charge < -0.3 is 4.74 Å². The lowest BCUT2D eigenvalue weighted by molar-refractivity contribution is -0.133. The van der Waals surface area contributed by atoms with Crippen LogP contribution in [0.3, 0.4) is 0 Å². The number of ether oxygens (including phenoxy) is 1. The van der Waals surface area contributed by atoms with Crippen LogP contribution in [-0.2, 0) is 9.59 Å². The maximum atomic E-state index is 12.0. The Morgan fingerprint density at radius 1 is 1.18 bits per heavy atom. The molecule has 0 spiro atoms. The molecule has 0 fully saturated rings. The van der Waals surface area contributed by atoms with Crippen LogP contribution in [0.15, 0.2) is 18.2 Å². The number of carbonyl (C=O) groups excluding carboxylic acids is 2. The molecular formula is C17H26N2O3. The van der Waals surface area contributed by atoms with E-state index >= 15 is 0 Å². The monoisotopic (exact) mass is 306 g/mol. The van der Waals surface area contributed by atoms with Gasteiger partial charge in [0.15, 0.2) is 6.10 Å². The summed E-state index contributed by atoms with van der Waals surface area (Å²) in [7, 11) is 0. The molecule has 0 saturated carbocycles. The lowest BCUT2D eigenvalue weighted by Crippen LogP contribution is -2.47. The Hall–Kier alpha value is -2.04. The third-order valence-electron chi connectivity index (χ3n) is 3.24. The van der Waals surface area contributed by atoms with Crippen molar-refractivity contribution >= 4 is 11.8 Å². The van der Waals surface area contributed by atoms with Crippen LogP contribution < -0.4 is 15.6 Å². The lowest BCUT2D eigenvalue weighted by Gasteiger charge is -2.19. The highest BCUT2D eigenvalue weighted by atomic mass is 16.5. The van der Waals surface area contributed by atoms with Gasteiger partial charge in [-0.3, -0.25) is 20.4 Å². The van der Waals surface area contributed by atoms with Gasteiger partial charge in [0.25, 0.3) is 5.91 Å². The predicted octanol–water partition coefficient (Wildman–Crippen LogP) is 2.65. The Kier molecular flexibility index (Phi) is 5.97. The molecule has 122 valence electrons. The minimum atomic E-state index is -0.699. The van der Waals surface area contributed by atoms with E-state index in [4.69, 9.17) is 4.74 Å². The normalized spacial score (nSPS) is 12.5. The van der Waals surface area contributed by atoms with Crippen LogP contribution in [-0.4, -0.2) is 17.9 Å². The number of hydrazine groups is 1. The van der Waals surface area contributed by atoms with E-state index in [0.29, 0.717) is 12.2 Å². The molecule has 0 aliphatic heterocycles. The second-order valence-corrected chi connectivity index (χ2v) is 6.73. The first-order valence-corrected chi connectivity index (χ1v) is 7.42. The van der Waals surface area contributed by atoms with Crippen LogP contribution in [0.25, 0.3) is 0 Å². The van der Waals surface area contributed by atoms with E-state index in [1.807, 2.05) is 52.8 Å². The summed E-state index contributed by atoms with van der Waals surface area (Å²) in [4.78, 5) is 23.6. The molecule has 22 heavy (non-hydrogen) atoms. The fraction of sp³-hybridized carbons (Fsp3) is 0.529. The summed E-state index contributed by atoms with van der Waals surface area (Å²) < 4.78 is 5.66. The first-order chi connectivity index (χ1) is 10.1. The van der Waals surface area contributed by atoms with E-state index in [1.165, 1.54) is 0 Å². The molecule has 1 aromatic rings. The third-order valence-corrected chi connectivity index (χ3v) is 3.24. The largest absolute Gasteiger partial charge is 0.481 e. The zero-order valence-electron chi connectivity index (χ0n) is 14.2. The lowest BCUT2D eigenvalue weighted by atomic mass is 9.92. The van der Waals surface area contributed by atoms with Crippen molar-refractivity contribution in [1.29, 1.82) is 0 Å². The fourth-order valence-corrected chi connectivity index (χ4v) is 1.85. The third kappa shape index (κ3) is 5.76. The highest BCUT2D eigenvalue weighted by Crippen LogP contribution is 2.21. The van der Waals surface area contributed by atoms with Gasteiger partial charge >= 0.3 is 0 Å². The molecule has 5 nitrogen and oxygen atoms in total. The highest BCUT2D eigenvalue weighted by Gasteiger charge is 2.19. The standard InChI is InChI=1S/C17H26N2O3/c1-11-8-7-9-14(12(11)2)22-13(3)16(21)19-18-15(20)10-17(4,5)6/h7-9,13H,10H2,1-6H3,(H,18,20)(H,19,21). The van der Waals surface area contributed by atoms with Crippen molar-refractivity contribution in [3.63, 3.8) is 0 Å². The number of hydrogen-bond donors (Lipinski definition) is 2. The van der Waals surface area contributed by atoms with E-state index in [2.05, 4.69) is 10.9 Å². The van der Waals surface area contributed by atoms with Crippen LogP contribution in [0.4, 0.5) is 0 Å². The molecule has 0 radical (unpaired) electrons. The van der Waals surface area contributed by atoms with Crippen molar-refractivity contribution in [3.8, 4) is 5.75 Å². The molecular weight excluding hydrogens is 280 g/mol. The van der Waals surface area contributed by atoms with Crippen LogP contribution >= 0.6 is 0 Å². The van der Waals surface area contributed by atoms with Gasteiger partial charge in [-0.25, -0.2) is 0 Å². The molecule has 0 aliphatic rings. The minimum absolute atomic E-state index is 0.129. The van der Waals surface area contributed by atoms with Crippen LogP contribution in [0.5, 0.6) is 5.75 Å². The van der Waals surface area contributed by atoms with Crippen molar-refractivity contribution in [2.45, 2.75) is 54.1 Å². The van der Waals surface area contributed by atoms with E-state index < -0.39 is 6.10 Å². The molecule has 1 unspecified atom stereocenters. The van der Waals surface area contributed by atoms with E-state index in [-0.39, 0.29) is 17.2 Å². The maximum absolute atomic E-state index is 12.0. The van der Waals surface area contributed by atoms with Gasteiger partial charge in [-0.15, -0.1) is 0 Å². The average Bonchev–Trinajstić information content (AvgIpc) is 2.39. The second kappa shape index (κ2) is 7.29. The smallest absolute Gasteiger partial charge is 0.279 e. The summed E-state index contributed by atoms with van der Waals surface area (Å²) in [6, 6.07) is 5.69. The van der Waals surface area contributed by atoms with Crippen molar-refractivity contribution in [2.75, 3.05) is 0 Å². The van der Waals surface area contributed by atoms with E-state index in [0.717, 1.165) is 11.1 Å². The number of amides is 2. The molecule has 0 heterocycles. The summed E-state index contributed by atoms with van der Waals surface area (Å²) in [5.74, 6) is 0.0617. The number of carbonyl (C=O) groups is 2. The summed E-state index contributed by atoms with van der Waals surface area (Å²) >= 11 is 0. The van der Waals surface area contributed by atoms with Crippen molar-refractivity contribution in [1.82, 2.24) is 10.9 Å². The van der Waals surface area contributed by atoms with Gasteiger partial charge in [-0.2, -0.15) is 0 Å². The first-order valence-electron chi connectivity index (χ1n) is 7.42. The highest BCUT2D eigenvalue weighted by molar-refractivity contribution is 5.84. The summed E-state index contributed by atoms with van der Waals surface area (Å²) in [6.45, 7) is 11.5. The van der Waals surface area contributed by atoms with Crippen molar-refractivity contribution in [2.24, 2.45) is 5.41 Å². The van der Waals surface area contributed by atoms with Gasteiger partial charge in [-0.05, 0) is 43.4 Å². The SMILES string of the molecule is Cc1cccc(OC(C)C(=O)NNC(=O)CC(C)(C)C)c1C. The molecule has 0 saturated heterocycles. The van der Waals surface area contributed by atoms with Gasteiger partial charge in [-0.1, -0.05) is 32.9 Å². The molecule has 0 aromatic heterocycles. The summed E-state index contributed by atoms with van der Waals surface area (Å²) in [6.07, 6.45) is -0.366. The number of aryl methyl sites for hydroxylation is 1. The van der Waals surface area contributed by atoms with Crippen molar-refractivity contribution in [3.05, 3.63) is 29.3 Å². The molecule has 2 N–H and O–H groups in total. The Labute approximate surface area is 132 Å². The molecule has 1 rings (SSSR count). The number of rotatable bonds is 4. The van der Waals surface area contributed by atoms with Crippen LogP contribution in [0.2, 0.25) is 0 Å². The summed E-state index contributed by atoms with van der Waals surface area (Å²) in [5, 5.41) is 0. The van der Waals surface area contributed by atoms with E-state index in [1.54, 1.807) is 6.92 Å². The Morgan fingerprint density at radius 2 is 1.82 bits per heavy atom. The number of nitrogens with one attached hydrogen (secondary N) is 2. The van der Waals surface area contributed by atoms with Crippen molar-refractivity contribution < 1.29 is 14.3 Å². The number of benzene rings is 1.